The molecular formula is C16H22N2S. The number of aromatic nitrogens is 1. The van der Waals surface area contributed by atoms with Crippen molar-refractivity contribution in [3.8, 4) is 0 Å². The Bertz CT molecular complexity index is 479. The van der Waals surface area contributed by atoms with E-state index in [-0.39, 0.29) is 0 Å². The third-order valence-corrected chi connectivity index (χ3v) is 3.94. The smallest absolute Gasteiger partial charge is 0.0576 e. The van der Waals surface area contributed by atoms with Crippen molar-refractivity contribution in [3.63, 3.8) is 0 Å². The second kappa shape index (κ2) is 7.41. The highest BCUT2D eigenvalue weighted by molar-refractivity contribution is 7.07. The molecule has 0 radical (unpaired) electrons. The standard InChI is InChI=1S/C16H22N2S/c1-3-10-17-15(8-7-14-9-11-19-12-14)16-6-4-5-13(2)18-16/h4-6,9,11-12,15,17H,3,7-8,10H2,1-2H3. The molecule has 0 bridgehead atoms. The van der Waals surface area contributed by atoms with E-state index in [4.69, 9.17) is 0 Å². The predicted molar refractivity (Wildman–Crippen MR) is 82.6 cm³/mol. The van der Waals surface area contributed by atoms with E-state index in [9.17, 15) is 0 Å². The van der Waals surface area contributed by atoms with Gasteiger partial charge in [0.1, 0.15) is 0 Å². The van der Waals surface area contributed by atoms with Gasteiger partial charge in [0.15, 0.2) is 0 Å². The number of nitrogens with zero attached hydrogens (tertiary/aromatic N) is 1. The summed E-state index contributed by atoms with van der Waals surface area (Å²) >= 11 is 1.77. The number of aryl methyl sites for hydroxylation is 2. The van der Waals surface area contributed by atoms with Gasteiger partial charge in [0.2, 0.25) is 0 Å². The van der Waals surface area contributed by atoms with E-state index in [0.717, 1.165) is 31.5 Å². The minimum Gasteiger partial charge on any atom is -0.309 e. The maximum Gasteiger partial charge on any atom is 0.0576 e. The summed E-state index contributed by atoms with van der Waals surface area (Å²) in [6, 6.07) is 8.86. The van der Waals surface area contributed by atoms with Crippen molar-refractivity contribution in [3.05, 3.63) is 52.0 Å². The predicted octanol–water partition coefficient (Wildman–Crippen LogP) is 4.13. The molecular weight excluding hydrogens is 252 g/mol. The van der Waals surface area contributed by atoms with Crippen molar-refractivity contribution >= 4 is 11.3 Å². The molecule has 19 heavy (non-hydrogen) atoms. The first-order chi connectivity index (χ1) is 9.29. The first-order valence-corrected chi connectivity index (χ1v) is 7.92. The number of hydrogen-bond donors (Lipinski definition) is 1. The largest absolute Gasteiger partial charge is 0.309 e. The van der Waals surface area contributed by atoms with Gasteiger partial charge in [-0.15, -0.1) is 0 Å². The summed E-state index contributed by atoms with van der Waals surface area (Å²) in [4.78, 5) is 4.67. The molecule has 0 aromatic carbocycles. The van der Waals surface area contributed by atoms with E-state index in [2.05, 4.69) is 59.2 Å². The summed E-state index contributed by atoms with van der Waals surface area (Å²) in [5.41, 5.74) is 3.70. The summed E-state index contributed by atoms with van der Waals surface area (Å²) in [7, 11) is 0. The summed E-state index contributed by atoms with van der Waals surface area (Å²) in [5, 5.41) is 8.00. The van der Waals surface area contributed by atoms with Gasteiger partial charge in [-0.1, -0.05) is 13.0 Å². The zero-order valence-corrected chi connectivity index (χ0v) is 12.5. The van der Waals surface area contributed by atoms with Crippen molar-refractivity contribution in [2.24, 2.45) is 0 Å². The Morgan fingerprint density at radius 1 is 1.32 bits per heavy atom. The Morgan fingerprint density at radius 3 is 2.89 bits per heavy atom. The van der Waals surface area contributed by atoms with Crippen LogP contribution < -0.4 is 5.32 Å². The van der Waals surface area contributed by atoms with E-state index in [1.54, 1.807) is 11.3 Å². The maximum absolute atomic E-state index is 4.67. The topological polar surface area (TPSA) is 24.9 Å². The molecule has 0 amide bonds. The Balaban J connectivity index is 2.02. The summed E-state index contributed by atoms with van der Waals surface area (Å²) in [6.07, 6.45) is 3.37. The SMILES string of the molecule is CCCNC(CCc1ccsc1)c1cccc(C)n1. The third kappa shape index (κ3) is 4.44. The Labute approximate surface area is 119 Å². The molecule has 0 aliphatic carbocycles. The van der Waals surface area contributed by atoms with Crippen LogP contribution in [0.4, 0.5) is 0 Å². The molecule has 0 saturated heterocycles. The average Bonchev–Trinajstić information content (AvgIpc) is 2.92. The zero-order chi connectivity index (χ0) is 13.5. The molecule has 0 saturated carbocycles. The van der Waals surface area contributed by atoms with Crippen LogP contribution in [0.5, 0.6) is 0 Å². The molecule has 1 unspecified atom stereocenters. The van der Waals surface area contributed by atoms with Crippen LogP contribution in [0.1, 0.15) is 42.8 Å². The molecule has 3 heteroatoms. The van der Waals surface area contributed by atoms with Crippen molar-refractivity contribution in [2.75, 3.05) is 6.54 Å². The molecule has 0 aliphatic rings. The van der Waals surface area contributed by atoms with Crippen molar-refractivity contribution in [1.82, 2.24) is 10.3 Å². The second-order valence-corrected chi connectivity index (χ2v) is 5.66. The highest BCUT2D eigenvalue weighted by atomic mass is 32.1. The molecule has 2 rings (SSSR count). The molecule has 102 valence electrons. The summed E-state index contributed by atoms with van der Waals surface area (Å²) in [5.74, 6) is 0. The molecule has 1 N–H and O–H groups in total. The van der Waals surface area contributed by atoms with E-state index >= 15 is 0 Å². The molecule has 0 aliphatic heterocycles. The van der Waals surface area contributed by atoms with Gasteiger partial charge in [0.05, 0.1) is 5.69 Å². The van der Waals surface area contributed by atoms with Gasteiger partial charge in [0.25, 0.3) is 0 Å². The summed E-state index contributed by atoms with van der Waals surface area (Å²) in [6.45, 7) is 5.30. The van der Waals surface area contributed by atoms with Crippen molar-refractivity contribution < 1.29 is 0 Å². The van der Waals surface area contributed by atoms with E-state index in [0.29, 0.717) is 6.04 Å². The lowest BCUT2D eigenvalue weighted by Crippen LogP contribution is -2.23. The van der Waals surface area contributed by atoms with Gasteiger partial charge in [-0.05, 0) is 67.3 Å². The lowest BCUT2D eigenvalue weighted by Gasteiger charge is -2.18. The summed E-state index contributed by atoms with van der Waals surface area (Å²) < 4.78 is 0. The fourth-order valence-electron chi connectivity index (χ4n) is 2.18. The molecule has 1 atom stereocenters. The van der Waals surface area contributed by atoms with E-state index < -0.39 is 0 Å². The minimum absolute atomic E-state index is 0.361. The molecule has 2 nitrogen and oxygen atoms in total. The Kier molecular flexibility index (Phi) is 5.55. The average molecular weight is 274 g/mol. The zero-order valence-electron chi connectivity index (χ0n) is 11.7. The monoisotopic (exact) mass is 274 g/mol. The van der Waals surface area contributed by atoms with Crippen LogP contribution in [-0.2, 0) is 6.42 Å². The number of nitrogens with one attached hydrogen (secondary N) is 1. The Morgan fingerprint density at radius 2 is 2.21 bits per heavy atom. The minimum atomic E-state index is 0.361. The van der Waals surface area contributed by atoms with Crippen LogP contribution in [0.2, 0.25) is 0 Å². The number of rotatable bonds is 7. The second-order valence-electron chi connectivity index (χ2n) is 4.88. The van der Waals surface area contributed by atoms with Crippen LogP contribution in [0.15, 0.2) is 35.0 Å². The van der Waals surface area contributed by atoms with E-state index in [1.807, 2.05) is 0 Å². The fraction of sp³-hybridized carbons (Fsp3) is 0.438. The lowest BCUT2D eigenvalue weighted by molar-refractivity contribution is 0.488. The quantitative estimate of drug-likeness (QED) is 0.821. The first kappa shape index (κ1) is 14.2. The van der Waals surface area contributed by atoms with E-state index in [1.165, 1.54) is 11.3 Å². The maximum atomic E-state index is 4.67. The highest BCUT2D eigenvalue weighted by Crippen LogP contribution is 2.19. The molecule has 2 aromatic heterocycles. The lowest BCUT2D eigenvalue weighted by atomic mass is 10.0. The van der Waals surface area contributed by atoms with Crippen LogP contribution in [0.3, 0.4) is 0 Å². The fourth-order valence-corrected chi connectivity index (χ4v) is 2.88. The van der Waals surface area contributed by atoms with Gasteiger partial charge < -0.3 is 5.32 Å². The third-order valence-electron chi connectivity index (χ3n) is 3.21. The first-order valence-electron chi connectivity index (χ1n) is 6.97. The van der Waals surface area contributed by atoms with Crippen molar-refractivity contribution in [1.29, 1.82) is 0 Å². The van der Waals surface area contributed by atoms with Gasteiger partial charge in [-0.2, -0.15) is 11.3 Å². The van der Waals surface area contributed by atoms with Crippen LogP contribution >= 0.6 is 11.3 Å². The van der Waals surface area contributed by atoms with Gasteiger partial charge in [0, 0.05) is 11.7 Å². The van der Waals surface area contributed by atoms with Gasteiger partial charge in [-0.3, -0.25) is 4.98 Å². The number of pyridine rings is 1. The Hall–Kier alpha value is -1.19. The molecule has 0 spiro atoms. The van der Waals surface area contributed by atoms with Crippen molar-refractivity contribution in [2.45, 2.75) is 39.2 Å². The van der Waals surface area contributed by atoms with Gasteiger partial charge >= 0.3 is 0 Å². The van der Waals surface area contributed by atoms with Crippen LogP contribution in [-0.4, -0.2) is 11.5 Å². The van der Waals surface area contributed by atoms with Gasteiger partial charge in [-0.25, -0.2) is 0 Å². The molecule has 0 fully saturated rings. The molecule has 2 aromatic rings. The highest BCUT2D eigenvalue weighted by Gasteiger charge is 2.12. The van der Waals surface area contributed by atoms with Crippen LogP contribution in [0, 0.1) is 6.92 Å². The molecule has 2 heterocycles. The number of hydrogen-bond acceptors (Lipinski definition) is 3. The van der Waals surface area contributed by atoms with Crippen LogP contribution in [0.25, 0.3) is 0 Å². The number of thiophene rings is 1. The normalized spacial score (nSPS) is 12.5.